The maximum atomic E-state index is 10.8. The van der Waals surface area contributed by atoms with Gasteiger partial charge in [-0.2, -0.15) is 26.3 Å². The Bertz CT molecular complexity index is 518. The smallest absolute Gasteiger partial charge is 0.277 e. The fourth-order valence-electron chi connectivity index (χ4n) is 2.69. The van der Waals surface area contributed by atoms with Crippen molar-refractivity contribution in [1.82, 2.24) is 9.44 Å². The van der Waals surface area contributed by atoms with E-state index in [2.05, 4.69) is 19.7 Å². The summed E-state index contributed by atoms with van der Waals surface area (Å²) in [5.41, 5.74) is 11.1. The van der Waals surface area contributed by atoms with Crippen LogP contribution in [0.25, 0.3) is 0 Å². The topological polar surface area (TPSA) is 196 Å². The Morgan fingerprint density at radius 1 is 0.818 bits per heavy atom. The minimum absolute atomic E-state index is 0.171. The molecule has 22 heavy (non-hydrogen) atoms. The van der Waals surface area contributed by atoms with Crippen molar-refractivity contribution in [3.05, 3.63) is 0 Å². The lowest BCUT2D eigenvalue weighted by molar-refractivity contribution is 0.578. The second kappa shape index (κ2) is 7.97. The van der Waals surface area contributed by atoms with Crippen LogP contribution in [0.3, 0.4) is 0 Å². The van der Waals surface area contributed by atoms with E-state index in [0.717, 1.165) is 32.1 Å². The molecule has 1 heterocycles. The van der Waals surface area contributed by atoms with Crippen LogP contribution in [-0.2, 0) is 20.4 Å². The monoisotopic (exact) mass is 358 g/mol. The van der Waals surface area contributed by atoms with E-state index >= 15 is 0 Å². The van der Waals surface area contributed by atoms with Crippen molar-refractivity contribution in [3.63, 3.8) is 0 Å². The molecule has 10 nitrogen and oxygen atoms in total. The standard InChI is InChI=1S/C5H10N2O2S.C5H12N2.H4N2O2S/c8-10(9)6-4-2-1-3-5(4)7-10;6-4-2-1-3-5(4)7;1-5(2,3)4/h4-7H,1-3H2;4-5H,1-3,6-7H2;(H4,1,2,3,4). The highest BCUT2D eigenvalue weighted by Gasteiger charge is 2.38. The van der Waals surface area contributed by atoms with Crippen LogP contribution in [0, 0.1) is 0 Å². The molecule has 3 aliphatic rings. The Morgan fingerprint density at radius 3 is 1.41 bits per heavy atom. The van der Waals surface area contributed by atoms with E-state index in [9.17, 15) is 16.8 Å². The van der Waals surface area contributed by atoms with Crippen LogP contribution in [0.2, 0.25) is 0 Å². The van der Waals surface area contributed by atoms with Crippen LogP contribution >= 0.6 is 0 Å². The molecule has 0 radical (unpaired) electrons. The van der Waals surface area contributed by atoms with E-state index in [1.165, 1.54) is 6.42 Å². The molecule has 4 unspecified atom stereocenters. The minimum atomic E-state index is -3.67. The third-order valence-electron chi connectivity index (χ3n) is 3.75. The highest BCUT2D eigenvalue weighted by molar-refractivity contribution is 7.87. The summed E-state index contributed by atoms with van der Waals surface area (Å²) in [5, 5.41) is 8.21. The summed E-state index contributed by atoms with van der Waals surface area (Å²) in [4.78, 5) is 0. The summed E-state index contributed by atoms with van der Waals surface area (Å²) < 4.78 is 45.1. The molecule has 0 aromatic rings. The molecule has 1 aliphatic heterocycles. The maximum Gasteiger partial charge on any atom is 0.277 e. The zero-order valence-electron chi connectivity index (χ0n) is 12.3. The lowest BCUT2D eigenvalue weighted by atomic mass is 10.2. The van der Waals surface area contributed by atoms with Crippen molar-refractivity contribution in [2.24, 2.45) is 21.7 Å². The molecule has 2 aliphatic carbocycles. The molecule has 0 bridgehead atoms. The molecule has 0 aromatic heterocycles. The molecule has 0 spiro atoms. The Morgan fingerprint density at radius 2 is 1.14 bits per heavy atom. The van der Waals surface area contributed by atoms with Crippen LogP contribution in [0.4, 0.5) is 0 Å². The molecule has 4 atom stereocenters. The highest BCUT2D eigenvalue weighted by atomic mass is 32.2. The SMILES string of the molecule is NC1CCCC1N.NS(N)(=O)=O.O=S1(=O)NC2CCCC2N1. The van der Waals surface area contributed by atoms with Gasteiger partial charge in [-0.15, -0.1) is 0 Å². The Labute approximate surface area is 131 Å². The minimum Gasteiger partial charge on any atom is -0.326 e. The molecule has 0 amide bonds. The number of hydrogen-bond donors (Lipinski definition) is 6. The summed E-state index contributed by atoms with van der Waals surface area (Å²) in [6, 6.07) is 0.926. The van der Waals surface area contributed by atoms with Crippen molar-refractivity contribution in [3.8, 4) is 0 Å². The Hall–Kier alpha value is -0.340. The molecular formula is C10H26N6O4S2. The van der Waals surface area contributed by atoms with Gasteiger partial charge in [-0.05, 0) is 25.7 Å². The van der Waals surface area contributed by atoms with E-state index in [4.69, 9.17) is 11.5 Å². The predicted molar refractivity (Wildman–Crippen MR) is 83.7 cm³/mol. The Balaban J connectivity index is 0.000000178. The number of nitrogens with two attached hydrogens (primary N) is 4. The maximum absolute atomic E-state index is 10.8. The lowest BCUT2D eigenvalue weighted by Crippen LogP contribution is -2.35. The summed E-state index contributed by atoms with van der Waals surface area (Å²) in [6.45, 7) is 0. The van der Waals surface area contributed by atoms with Gasteiger partial charge in [0.1, 0.15) is 0 Å². The van der Waals surface area contributed by atoms with E-state index in [0.29, 0.717) is 12.1 Å². The fourth-order valence-corrected chi connectivity index (χ4v) is 4.12. The van der Waals surface area contributed by atoms with Gasteiger partial charge in [0, 0.05) is 24.2 Å². The van der Waals surface area contributed by atoms with Crippen LogP contribution in [0.15, 0.2) is 0 Å². The predicted octanol–water partition coefficient (Wildman–Crippen LogP) is -2.68. The van der Waals surface area contributed by atoms with Crippen molar-refractivity contribution in [2.45, 2.75) is 62.7 Å². The van der Waals surface area contributed by atoms with Gasteiger partial charge in [-0.3, -0.25) is 0 Å². The van der Waals surface area contributed by atoms with E-state index in [-0.39, 0.29) is 12.1 Å². The van der Waals surface area contributed by atoms with Crippen LogP contribution in [0.1, 0.15) is 38.5 Å². The highest BCUT2D eigenvalue weighted by Crippen LogP contribution is 2.23. The molecule has 2 saturated carbocycles. The van der Waals surface area contributed by atoms with Crippen LogP contribution < -0.4 is 31.2 Å². The van der Waals surface area contributed by atoms with Crippen molar-refractivity contribution in [1.29, 1.82) is 0 Å². The van der Waals surface area contributed by atoms with Crippen molar-refractivity contribution >= 4 is 20.4 Å². The van der Waals surface area contributed by atoms with Crippen molar-refractivity contribution in [2.75, 3.05) is 0 Å². The second-order valence-corrected chi connectivity index (χ2v) is 8.39. The first-order valence-corrected chi connectivity index (χ1v) is 10.2. The van der Waals surface area contributed by atoms with Crippen LogP contribution in [0.5, 0.6) is 0 Å². The Kier molecular flexibility index (Phi) is 7.14. The van der Waals surface area contributed by atoms with E-state index in [1.807, 2.05) is 0 Å². The largest absolute Gasteiger partial charge is 0.326 e. The molecule has 10 N–H and O–H groups in total. The number of nitrogens with one attached hydrogen (secondary N) is 2. The third kappa shape index (κ3) is 7.78. The summed E-state index contributed by atoms with van der Waals surface area (Å²) >= 11 is 0. The van der Waals surface area contributed by atoms with Gasteiger partial charge in [-0.25, -0.2) is 10.3 Å². The fraction of sp³-hybridized carbons (Fsp3) is 1.00. The average Bonchev–Trinajstić information content (AvgIpc) is 2.93. The third-order valence-corrected chi connectivity index (χ3v) is 4.98. The van der Waals surface area contributed by atoms with E-state index in [1.54, 1.807) is 0 Å². The van der Waals surface area contributed by atoms with Gasteiger partial charge >= 0.3 is 0 Å². The zero-order chi connectivity index (χ0) is 17.0. The molecule has 0 aromatic carbocycles. The first kappa shape index (κ1) is 19.7. The average molecular weight is 358 g/mol. The van der Waals surface area contributed by atoms with Gasteiger partial charge in [0.05, 0.1) is 0 Å². The van der Waals surface area contributed by atoms with Gasteiger partial charge < -0.3 is 11.5 Å². The van der Waals surface area contributed by atoms with Gasteiger partial charge in [0.15, 0.2) is 0 Å². The normalized spacial score (nSPS) is 35.8. The molecule has 132 valence electrons. The zero-order valence-corrected chi connectivity index (χ0v) is 13.9. The molecule has 12 heteroatoms. The summed E-state index contributed by atoms with van der Waals surface area (Å²) in [6.07, 6.45) is 6.57. The van der Waals surface area contributed by atoms with Gasteiger partial charge in [0.25, 0.3) is 20.4 Å². The quantitative estimate of drug-likeness (QED) is 0.272. The second-order valence-electron chi connectivity index (χ2n) is 5.73. The van der Waals surface area contributed by atoms with Crippen molar-refractivity contribution < 1.29 is 16.8 Å². The first-order chi connectivity index (χ1) is 9.98. The van der Waals surface area contributed by atoms with Gasteiger partial charge in [-0.1, -0.05) is 12.8 Å². The molecular weight excluding hydrogens is 332 g/mol. The summed E-state index contributed by atoms with van der Waals surface area (Å²) in [5.74, 6) is 0. The first-order valence-electron chi connectivity index (χ1n) is 7.09. The molecule has 3 fully saturated rings. The summed E-state index contributed by atoms with van der Waals surface area (Å²) in [7, 11) is -6.77. The number of fused-ring (bicyclic) bond motifs is 1. The molecule has 1 saturated heterocycles. The number of hydrogen-bond acceptors (Lipinski definition) is 6. The van der Waals surface area contributed by atoms with E-state index < -0.39 is 20.4 Å². The molecule has 3 rings (SSSR count). The number of rotatable bonds is 0. The van der Waals surface area contributed by atoms with Crippen LogP contribution in [-0.4, -0.2) is 41.0 Å². The lowest BCUT2D eigenvalue weighted by Gasteiger charge is -2.05. The van der Waals surface area contributed by atoms with Gasteiger partial charge in [0.2, 0.25) is 0 Å².